The Morgan fingerprint density at radius 2 is 2.29 bits per heavy atom. The maximum absolute atomic E-state index is 4.48. The maximum atomic E-state index is 4.48. The molecule has 1 aromatic heterocycles. The van der Waals surface area contributed by atoms with Crippen LogP contribution in [0.5, 0.6) is 0 Å². The van der Waals surface area contributed by atoms with Crippen molar-refractivity contribution in [3.8, 4) is 0 Å². The van der Waals surface area contributed by atoms with Crippen LogP contribution in [0, 0.1) is 12.3 Å². The SMILES string of the molecule is CNC1CCC(C)(Cc2c(Br)c(C)nn2C)C1. The summed E-state index contributed by atoms with van der Waals surface area (Å²) in [6.45, 7) is 4.46. The lowest BCUT2D eigenvalue weighted by Gasteiger charge is -2.24. The molecule has 17 heavy (non-hydrogen) atoms. The molecule has 0 amide bonds. The summed E-state index contributed by atoms with van der Waals surface area (Å²) in [6, 6.07) is 0.688. The van der Waals surface area contributed by atoms with Crippen LogP contribution in [0.15, 0.2) is 4.47 Å². The van der Waals surface area contributed by atoms with E-state index in [-0.39, 0.29) is 0 Å². The molecule has 1 heterocycles. The van der Waals surface area contributed by atoms with Gasteiger partial charge in [0.15, 0.2) is 0 Å². The zero-order valence-corrected chi connectivity index (χ0v) is 12.8. The van der Waals surface area contributed by atoms with Gasteiger partial charge in [0.1, 0.15) is 0 Å². The van der Waals surface area contributed by atoms with Gasteiger partial charge in [-0.05, 0) is 61.0 Å². The zero-order valence-electron chi connectivity index (χ0n) is 11.2. The van der Waals surface area contributed by atoms with Crippen LogP contribution < -0.4 is 5.32 Å². The van der Waals surface area contributed by atoms with Crippen molar-refractivity contribution in [2.45, 2.75) is 45.6 Å². The Labute approximate surface area is 112 Å². The van der Waals surface area contributed by atoms with Crippen LogP contribution in [-0.2, 0) is 13.5 Å². The van der Waals surface area contributed by atoms with Gasteiger partial charge < -0.3 is 5.32 Å². The van der Waals surface area contributed by atoms with Crippen molar-refractivity contribution in [2.24, 2.45) is 12.5 Å². The van der Waals surface area contributed by atoms with Gasteiger partial charge in [-0.15, -0.1) is 0 Å². The molecule has 1 aromatic rings. The highest BCUT2D eigenvalue weighted by atomic mass is 79.9. The minimum absolute atomic E-state index is 0.413. The predicted molar refractivity (Wildman–Crippen MR) is 74.2 cm³/mol. The van der Waals surface area contributed by atoms with Crippen molar-refractivity contribution in [2.75, 3.05) is 7.05 Å². The van der Waals surface area contributed by atoms with Gasteiger partial charge in [0.05, 0.1) is 15.9 Å². The second-order valence-corrected chi connectivity index (χ2v) is 6.48. The topological polar surface area (TPSA) is 29.9 Å². The molecule has 1 N–H and O–H groups in total. The number of aromatic nitrogens is 2. The van der Waals surface area contributed by atoms with E-state index < -0.39 is 0 Å². The molecule has 96 valence electrons. The molecule has 0 spiro atoms. The first-order valence-electron chi connectivity index (χ1n) is 6.30. The number of nitrogens with zero attached hydrogens (tertiary/aromatic N) is 2. The highest BCUT2D eigenvalue weighted by Crippen LogP contribution is 2.41. The van der Waals surface area contributed by atoms with Gasteiger partial charge >= 0.3 is 0 Å². The fourth-order valence-electron chi connectivity index (χ4n) is 3.01. The van der Waals surface area contributed by atoms with Gasteiger partial charge in [-0.1, -0.05) is 6.92 Å². The number of halogens is 1. The van der Waals surface area contributed by atoms with Crippen molar-refractivity contribution < 1.29 is 0 Å². The molecule has 1 fully saturated rings. The molecule has 2 rings (SSSR count). The molecular formula is C13H22BrN3. The van der Waals surface area contributed by atoms with Crippen molar-refractivity contribution in [3.63, 3.8) is 0 Å². The highest BCUT2D eigenvalue weighted by molar-refractivity contribution is 9.10. The molecule has 1 saturated carbocycles. The van der Waals surface area contributed by atoms with Gasteiger partial charge in [-0.3, -0.25) is 4.68 Å². The van der Waals surface area contributed by atoms with Gasteiger partial charge in [-0.2, -0.15) is 5.10 Å². The van der Waals surface area contributed by atoms with E-state index in [1.54, 1.807) is 0 Å². The van der Waals surface area contributed by atoms with E-state index >= 15 is 0 Å². The Morgan fingerprint density at radius 1 is 1.59 bits per heavy atom. The molecule has 4 heteroatoms. The van der Waals surface area contributed by atoms with E-state index in [0.717, 1.165) is 12.1 Å². The molecule has 0 aliphatic heterocycles. The van der Waals surface area contributed by atoms with E-state index in [1.807, 2.05) is 11.7 Å². The number of nitrogens with one attached hydrogen (secondary N) is 1. The molecular weight excluding hydrogens is 278 g/mol. The second kappa shape index (κ2) is 4.73. The third-order valence-corrected chi connectivity index (χ3v) is 5.13. The highest BCUT2D eigenvalue weighted by Gasteiger charge is 2.35. The summed E-state index contributed by atoms with van der Waals surface area (Å²) in [5, 5.41) is 7.88. The Morgan fingerprint density at radius 3 is 2.76 bits per heavy atom. The molecule has 1 aliphatic rings. The smallest absolute Gasteiger partial charge is 0.0738 e. The van der Waals surface area contributed by atoms with Gasteiger partial charge in [-0.25, -0.2) is 0 Å². The van der Waals surface area contributed by atoms with E-state index in [2.05, 4.69) is 47.2 Å². The third kappa shape index (κ3) is 2.58. The van der Waals surface area contributed by atoms with Gasteiger partial charge in [0.25, 0.3) is 0 Å². The second-order valence-electron chi connectivity index (χ2n) is 5.69. The van der Waals surface area contributed by atoms with Crippen LogP contribution in [0.4, 0.5) is 0 Å². The third-order valence-electron chi connectivity index (χ3n) is 4.10. The summed E-state index contributed by atoms with van der Waals surface area (Å²) in [4.78, 5) is 0. The van der Waals surface area contributed by atoms with Gasteiger partial charge in [0.2, 0.25) is 0 Å². The quantitative estimate of drug-likeness (QED) is 0.930. The number of rotatable bonds is 3. The van der Waals surface area contributed by atoms with E-state index in [4.69, 9.17) is 0 Å². The number of aryl methyl sites for hydroxylation is 2. The first-order chi connectivity index (χ1) is 7.95. The molecule has 2 unspecified atom stereocenters. The maximum Gasteiger partial charge on any atom is 0.0738 e. The van der Waals surface area contributed by atoms with Gasteiger partial charge in [0, 0.05) is 13.1 Å². The Hall–Kier alpha value is -0.350. The van der Waals surface area contributed by atoms with Crippen LogP contribution in [0.3, 0.4) is 0 Å². The molecule has 3 nitrogen and oxygen atoms in total. The zero-order chi connectivity index (χ0) is 12.6. The van der Waals surface area contributed by atoms with Crippen molar-refractivity contribution >= 4 is 15.9 Å². The molecule has 1 aliphatic carbocycles. The summed E-state index contributed by atoms with van der Waals surface area (Å²) >= 11 is 3.67. The standard InChI is InChI=1S/C13H22BrN3/c1-9-12(14)11(17(4)16-9)8-13(2)6-5-10(7-13)15-3/h10,15H,5-8H2,1-4H3. The van der Waals surface area contributed by atoms with Crippen LogP contribution in [-0.4, -0.2) is 22.9 Å². The average Bonchev–Trinajstić information content (AvgIpc) is 2.76. The van der Waals surface area contributed by atoms with E-state index in [0.29, 0.717) is 11.5 Å². The lowest BCUT2D eigenvalue weighted by atomic mass is 9.83. The summed E-state index contributed by atoms with van der Waals surface area (Å²) in [6.07, 6.45) is 4.97. The first kappa shape index (κ1) is 13.1. The first-order valence-corrected chi connectivity index (χ1v) is 7.10. The molecule has 0 radical (unpaired) electrons. The molecule has 0 saturated heterocycles. The Kier molecular flexibility index (Phi) is 3.64. The van der Waals surface area contributed by atoms with Crippen molar-refractivity contribution in [1.82, 2.24) is 15.1 Å². The van der Waals surface area contributed by atoms with Crippen LogP contribution in [0.25, 0.3) is 0 Å². The molecule has 0 aromatic carbocycles. The van der Waals surface area contributed by atoms with E-state index in [1.165, 1.54) is 29.4 Å². The summed E-state index contributed by atoms with van der Waals surface area (Å²) in [7, 11) is 4.11. The normalized spacial score (nSPS) is 28.9. The molecule has 0 bridgehead atoms. The largest absolute Gasteiger partial charge is 0.317 e. The minimum Gasteiger partial charge on any atom is -0.317 e. The Balaban J connectivity index is 2.16. The minimum atomic E-state index is 0.413. The Bertz CT molecular complexity index is 413. The van der Waals surface area contributed by atoms with Crippen LogP contribution in [0.1, 0.15) is 37.6 Å². The average molecular weight is 300 g/mol. The molecule has 2 atom stereocenters. The number of hydrogen-bond donors (Lipinski definition) is 1. The summed E-state index contributed by atoms with van der Waals surface area (Å²) in [5.41, 5.74) is 2.84. The van der Waals surface area contributed by atoms with Crippen molar-refractivity contribution in [3.05, 3.63) is 15.9 Å². The summed E-state index contributed by atoms with van der Waals surface area (Å²) in [5.74, 6) is 0. The fraction of sp³-hybridized carbons (Fsp3) is 0.769. The predicted octanol–water partition coefficient (Wildman–Crippen LogP) is 2.81. The van der Waals surface area contributed by atoms with E-state index in [9.17, 15) is 0 Å². The fourth-order valence-corrected chi connectivity index (χ4v) is 3.48. The number of hydrogen-bond acceptors (Lipinski definition) is 2. The summed E-state index contributed by atoms with van der Waals surface area (Å²) < 4.78 is 3.21. The van der Waals surface area contributed by atoms with Crippen molar-refractivity contribution in [1.29, 1.82) is 0 Å². The lowest BCUT2D eigenvalue weighted by molar-refractivity contribution is 0.316. The van der Waals surface area contributed by atoms with Crippen LogP contribution in [0.2, 0.25) is 0 Å². The monoisotopic (exact) mass is 299 g/mol. The van der Waals surface area contributed by atoms with Crippen LogP contribution >= 0.6 is 15.9 Å². The lowest BCUT2D eigenvalue weighted by Crippen LogP contribution is -2.25.